The minimum atomic E-state index is -0.941. The van der Waals surface area contributed by atoms with Crippen molar-refractivity contribution in [2.75, 3.05) is 10.6 Å². The zero-order valence-electron chi connectivity index (χ0n) is 16.7. The number of halogens is 1. The Morgan fingerprint density at radius 1 is 1.06 bits per heavy atom. The first-order valence-electron chi connectivity index (χ1n) is 9.64. The first-order chi connectivity index (χ1) is 15.1. The number of thiazole rings is 1. The van der Waals surface area contributed by atoms with Gasteiger partial charge < -0.3 is 20.5 Å². The SMILES string of the molecule is Cc1cccc(Cl)c1NC(O)c1cnc(Nc2ncccc2OCc2ccccc2)s1. The summed E-state index contributed by atoms with van der Waals surface area (Å²) < 4.78 is 5.93. The first-order valence-corrected chi connectivity index (χ1v) is 10.8. The summed E-state index contributed by atoms with van der Waals surface area (Å²) in [5.41, 5.74) is 2.71. The fourth-order valence-electron chi connectivity index (χ4n) is 2.93. The monoisotopic (exact) mass is 452 g/mol. The van der Waals surface area contributed by atoms with Crippen LogP contribution in [0, 0.1) is 6.92 Å². The second kappa shape index (κ2) is 9.78. The molecule has 0 spiro atoms. The van der Waals surface area contributed by atoms with Crippen molar-refractivity contribution in [3.8, 4) is 5.75 Å². The summed E-state index contributed by atoms with van der Waals surface area (Å²) in [5, 5.41) is 18.0. The zero-order chi connectivity index (χ0) is 21.6. The number of hydrogen-bond donors (Lipinski definition) is 3. The van der Waals surface area contributed by atoms with E-state index in [1.165, 1.54) is 11.3 Å². The van der Waals surface area contributed by atoms with Gasteiger partial charge in [-0.2, -0.15) is 0 Å². The molecule has 0 aliphatic rings. The molecule has 0 amide bonds. The van der Waals surface area contributed by atoms with Crippen molar-refractivity contribution in [3.05, 3.63) is 94.1 Å². The van der Waals surface area contributed by atoms with E-state index >= 15 is 0 Å². The van der Waals surface area contributed by atoms with Gasteiger partial charge in [0.2, 0.25) is 0 Å². The highest BCUT2D eigenvalue weighted by atomic mass is 35.5. The minimum Gasteiger partial charge on any atom is -0.485 e. The molecule has 0 aliphatic heterocycles. The molecule has 0 bridgehead atoms. The van der Waals surface area contributed by atoms with E-state index in [9.17, 15) is 5.11 Å². The van der Waals surface area contributed by atoms with Gasteiger partial charge in [0, 0.05) is 12.4 Å². The standard InChI is InChI=1S/C23H21ClN4O2S/c1-15-7-5-10-17(24)20(15)27-22(29)19-13-26-23(31-19)28-21-18(11-6-12-25-21)30-14-16-8-3-2-4-9-16/h2-13,22,27,29H,14H2,1H3,(H,25,26,28). The van der Waals surface area contributed by atoms with Crippen LogP contribution in [0.4, 0.5) is 16.6 Å². The maximum atomic E-state index is 10.6. The Kier molecular flexibility index (Phi) is 6.66. The Bertz CT molecular complexity index is 1130. The molecule has 0 saturated heterocycles. The molecule has 0 saturated carbocycles. The second-order valence-corrected chi connectivity index (χ2v) is 8.27. The molecule has 3 N–H and O–H groups in total. The van der Waals surface area contributed by atoms with Crippen molar-refractivity contribution in [3.63, 3.8) is 0 Å². The summed E-state index contributed by atoms with van der Waals surface area (Å²) in [6.07, 6.45) is 2.36. The number of ether oxygens (including phenoxy) is 1. The van der Waals surface area contributed by atoms with Gasteiger partial charge in [-0.15, -0.1) is 0 Å². The van der Waals surface area contributed by atoms with Crippen LogP contribution in [0.2, 0.25) is 5.02 Å². The van der Waals surface area contributed by atoms with Gasteiger partial charge in [-0.1, -0.05) is 65.4 Å². The molecule has 158 valence electrons. The number of aliphatic hydroxyl groups excluding tert-OH is 1. The number of rotatable bonds is 8. The summed E-state index contributed by atoms with van der Waals surface area (Å²) in [6.45, 7) is 2.36. The van der Waals surface area contributed by atoms with E-state index in [1.807, 2.05) is 61.5 Å². The smallest absolute Gasteiger partial charge is 0.188 e. The molecule has 4 rings (SSSR count). The number of hydrogen-bond acceptors (Lipinski definition) is 7. The van der Waals surface area contributed by atoms with Crippen LogP contribution in [0.5, 0.6) is 5.75 Å². The van der Waals surface area contributed by atoms with Crippen LogP contribution in [0.3, 0.4) is 0 Å². The summed E-state index contributed by atoms with van der Waals surface area (Å²) in [6, 6.07) is 19.2. The predicted molar refractivity (Wildman–Crippen MR) is 125 cm³/mol. The number of anilines is 3. The van der Waals surface area contributed by atoms with Gasteiger partial charge in [0.15, 0.2) is 22.9 Å². The van der Waals surface area contributed by atoms with Crippen molar-refractivity contribution in [1.82, 2.24) is 9.97 Å². The second-order valence-electron chi connectivity index (χ2n) is 6.80. The molecule has 1 unspecified atom stereocenters. The van der Waals surface area contributed by atoms with Crippen LogP contribution < -0.4 is 15.4 Å². The van der Waals surface area contributed by atoms with Crippen molar-refractivity contribution >= 4 is 39.6 Å². The van der Waals surface area contributed by atoms with Crippen LogP contribution in [0.15, 0.2) is 73.1 Å². The van der Waals surface area contributed by atoms with Crippen LogP contribution in [0.25, 0.3) is 0 Å². The quantitative estimate of drug-likeness (QED) is 0.288. The van der Waals surface area contributed by atoms with Crippen LogP contribution in [-0.4, -0.2) is 15.1 Å². The van der Waals surface area contributed by atoms with Crippen molar-refractivity contribution in [2.24, 2.45) is 0 Å². The number of aryl methyl sites for hydroxylation is 1. The molecule has 1 atom stereocenters. The number of nitrogens with one attached hydrogen (secondary N) is 2. The lowest BCUT2D eigenvalue weighted by molar-refractivity contribution is 0.212. The molecule has 4 aromatic rings. The lowest BCUT2D eigenvalue weighted by atomic mass is 10.2. The maximum Gasteiger partial charge on any atom is 0.188 e. The summed E-state index contributed by atoms with van der Waals surface area (Å²) in [5.74, 6) is 1.18. The fraction of sp³-hybridized carbons (Fsp3) is 0.130. The third-order valence-corrected chi connectivity index (χ3v) is 5.81. The van der Waals surface area contributed by atoms with Gasteiger partial charge in [-0.05, 0) is 36.2 Å². The van der Waals surface area contributed by atoms with Crippen LogP contribution in [0.1, 0.15) is 22.2 Å². The first kappa shape index (κ1) is 21.1. The van der Waals surface area contributed by atoms with Gasteiger partial charge >= 0.3 is 0 Å². The lowest BCUT2D eigenvalue weighted by Gasteiger charge is -2.15. The molecule has 2 aromatic heterocycles. The maximum absolute atomic E-state index is 10.6. The molecular weight excluding hydrogens is 432 g/mol. The number of nitrogens with zero attached hydrogens (tertiary/aromatic N) is 2. The normalized spacial score (nSPS) is 11.7. The molecule has 31 heavy (non-hydrogen) atoms. The van der Waals surface area contributed by atoms with Gasteiger partial charge in [-0.25, -0.2) is 9.97 Å². The molecule has 0 aliphatic carbocycles. The molecule has 6 nitrogen and oxygen atoms in total. The molecule has 0 radical (unpaired) electrons. The number of para-hydroxylation sites is 1. The summed E-state index contributed by atoms with van der Waals surface area (Å²) in [7, 11) is 0. The van der Waals surface area contributed by atoms with Gasteiger partial charge in [0.05, 0.1) is 15.6 Å². The molecular formula is C23H21ClN4O2S. The highest BCUT2D eigenvalue weighted by molar-refractivity contribution is 7.15. The lowest BCUT2D eigenvalue weighted by Crippen LogP contribution is -2.09. The van der Waals surface area contributed by atoms with E-state index in [2.05, 4.69) is 20.6 Å². The number of aliphatic hydroxyl groups is 1. The van der Waals surface area contributed by atoms with Gasteiger partial charge in [0.1, 0.15) is 6.61 Å². The highest BCUT2D eigenvalue weighted by Crippen LogP contribution is 2.33. The van der Waals surface area contributed by atoms with E-state index in [0.717, 1.165) is 11.1 Å². The third kappa shape index (κ3) is 5.32. The average molecular weight is 453 g/mol. The minimum absolute atomic E-state index is 0.435. The Hall–Kier alpha value is -3.13. The largest absolute Gasteiger partial charge is 0.485 e. The van der Waals surface area contributed by atoms with Crippen LogP contribution >= 0.6 is 22.9 Å². The molecule has 2 heterocycles. The predicted octanol–water partition coefficient (Wildman–Crippen LogP) is 5.93. The molecule has 2 aromatic carbocycles. The third-order valence-electron chi connectivity index (χ3n) is 4.53. The summed E-state index contributed by atoms with van der Waals surface area (Å²) >= 11 is 7.56. The Balaban J connectivity index is 1.44. The van der Waals surface area contributed by atoms with Crippen molar-refractivity contribution in [1.29, 1.82) is 0 Å². The number of pyridine rings is 1. The topological polar surface area (TPSA) is 79.3 Å². The van der Waals surface area contributed by atoms with Crippen LogP contribution in [-0.2, 0) is 6.61 Å². The Labute approximate surface area is 189 Å². The van der Waals surface area contributed by atoms with Gasteiger partial charge in [0.25, 0.3) is 0 Å². The summed E-state index contributed by atoms with van der Waals surface area (Å²) in [4.78, 5) is 9.37. The van der Waals surface area contributed by atoms with E-state index in [0.29, 0.717) is 38.9 Å². The number of benzene rings is 2. The van der Waals surface area contributed by atoms with E-state index < -0.39 is 6.23 Å². The zero-order valence-corrected chi connectivity index (χ0v) is 18.3. The highest BCUT2D eigenvalue weighted by Gasteiger charge is 2.15. The number of aromatic nitrogens is 2. The molecule has 8 heteroatoms. The van der Waals surface area contributed by atoms with E-state index in [4.69, 9.17) is 16.3 Å². The van der Waals surface area contributed by atoms with E-state index in [-0.39, 0.29) is 0 Å². The Morgan fingerprint density at radius 2 is 1.90 bits per heavy atom. The fourth-order valence-corrected chi connectivity index (χ4v) is 3.96. The van der Waals surface area contributed by atoms with E-state index in [1.54, 1.807) is 18.5 Å². The van der Waals surface area contributed by atoms with Crippen molar-refractivity contribution in [2.45, 2.75) is 19.8 Å². The van der Waals surface area contributed by atoms with Gasteiger partial charge in [-0.3, -0.25) is 0 Å². The average Bonchev–Trinajstić information content (AvgIpc) is 3.25. The van der Waals surface area contributed by atoms with Crippen molar-refractivity contribution < 1.29 is 9.84 Å². The Morgan fingerprint density at radius 3 is 2.71 bits per heavy atom. The molecule has 0 fully saturated rings.